The molecule has 0 aliphatic rings. The number of aromatic nitrogens is 2. The second-order valence-electron chi connectivity index (χ2n) is 4.18. The van der Waals surface area contributed by atoms with Crippen LogP contribution in [0, 0.1) is 6.92 Å². The molecule has 2 aromatic rings. The van der Waals surface area contributed by atoms with E-state index in [0.717, 1.165) is 11.3 Å². The van der Waals surface area contributed by atoms with Gasteiger partial charge in [0.25, 0.3) is 0 Å². The Hall–Kier alpha value is -1.31. The summed E-state index contributed by atoms with van der Waals surface area (Å²) in [7, 11) is 2.09. The number of rotatable bonds is 1. The lowest BCUT2D eigenvalue weighted by Crippen LogP contribution is -1.99. The van der Waals surface area contributed by atoms with Gasteiger partial charge in [-0.1, -0.05) is 19.9 Å². The first-order valence-corrected chi connectivity index (χ1v) is 5.02. The molecule has 74 valence electrons. The topological polar surface area (TPSA) is 17.8 Å². The molecule has 1 heterocycles. The molecular weight excluding hydrogens is 172 g/mol. The second-order valence-corrected chi connectivity index (χ2v) is 4.18. The van der Waals surface area contributed by atoms with Crippen molar-refractivity contribution >= 4 is 11.0 Å². The molecule has 2 nitrogen and oxygen atoms in total. The van der Waals surface area contributed by atoms with Crippen LogP contribution in [0.4, 0.5) is 0 Å². The fraction of sp³-hybridized carbons (Fsp3) is 0.417. The molecule has 0 unspecified atom stereocenters. The van der Waals surface area contributed by atoms with Crippen LogP contribution in [0.3, 0.4) is 0 Å². The number of aryl methyl sites for hydroxylation is 2. The quantitative estimate of drug-likeness (QED) is 0.672. The maximum Gasteiger partial charge on any atom is 0.112 e. The van der Waals surface area contributed by atoms with Gasteiger partial charge in [-0.25, -0.2) is 4.98 Å². The summed E-state index contributed by atoms with van der Waals surface area (Å²) in [5, 5.41) is 0. The Balaban J connectivity index is 2.74. The lowest BCUT2D eigenvalue weighted by atomic mass is 10.2. The van der Waals surface area contributed by atoms with E-state index < -0.39 is 0 Å². The van der Waals surface area contributed by atoms with Crippen LogP contribution in [-0.2, 0) is 7.05 Å². The lowest BCUT2D eigenvalue weighted by Gasteiger charge is -2.04. The third kappa shape index (κ3) is 1.31. The van der Waals surface area contributed by atoms with Gasteiger partial charge >= 0.3 is 0 Å². The van der Waals surface area contributed by atoms with E-state index in [1.54, 1.807) is 0 Å². The summed E-state index contributed by atoms with van der Waals surface area (Å²) < 4.78 is 2.19. The largest absolute Gasteiger partial charge is 0.331 e. The minimum Gasteiger partial charge on any atom is -0.331 e. The third-order valence-corrected chi connectivity index (χ3v) is 2.59. The van der Waals surface area contributed by atoms with Gasteiger partial charge in [0.2, 0.25) is 0 Å². The van der Waals surface area contributed by atoms with E-state index in [4.69, 9.17) is 0 Å². The highest BCUT2D eigenvalue weighted by atomic mass is 15.1. The van der Waals surface area contributed by atoms with Crippen LogP contribution in [0.25, 0.3) is 11.0 Å². The molecule has 0 fully saturated rings. The SMILES string of the molecule is Cc1ccc2nc(C(C)C)n(C)c2c1. The zero-order chi connectivity index (χ0) is 10.3. The molecule has 0 spiro atoms. The molecule has 0 aliphatic carbocycles. The Labute approximate surface area is 84.6 Å². The molecule has 2 heteroatoms. The fourth-order valence-electron chi connectivity index (χ4n) is 1.83. The molecule has 0 aliphatic heterocycles. The monoisotopic (exact) mass is 188 g/mol. The first kappa shape index (κ1) is 9.25. The highest BCUT2D eigenvalue weighted by molar-refractivity contribution is 5.76. The summed E-state index contributed by atoms with van der Waals surface area (Å²) in [6.07, 6.45) is 0. The molecule has 0 saturated heterocycles. The van der Waals surface area contributed by atoms with Gasteiger partial charge in [-0.15, -0.1) is 0 Å². The summed E-state index contributed by atoms with van der Waals surface area (Å²) in [5.74, 6) is 1.64. The Morgan fingerprint density at radius 3 is 2.64 bits per heavy atom. The van der Waals surface area contributed by atoms with E-state index in [2.05, 4.69) is 55.6 Å². The van der Waals surface area contributed by atoms with Crippen molar-refractivity contribution in [3.05, 3.63) is 29.6 Å². The molecule has 0 N–H and O–H groups in total. The minimum absolute atomic E-state index is 0.479. The van der Waals surface area contributed by atoms with Crippen LogP contribution in [0.1, 0.15) is 31.2 Å². The predicted octanol–water partition coefficient (Wildman–Crippen LogP) is 3.01. The van der Waals surface area contributed by atoms with Crippen molar-refractivity contribution in [3.63, 3.8) is 0 Å². The summed E-state index contributed by atoms with van der Waals surface area (Å²) >= 11 is 0. The van der Waals surface area contributed by atoms with Crippen LogP contribution in [0.2, 0.25) is 0 Å². The van der Waals surface area contributed by atoms with E-state index >= 15 is 0 Å². The Morgan fingerprint density at radius 2 is 2.00 bits per heavy atom. The highest BCUT2D eigenvalue weighted by Gasteiger charge is 2.09. The van der Waals surface area contributed by atoms with Crippen molar-refractivity contribution in [1.29, 1.82) is 0 Å². The van der Waals surface area contributed by atoms with Crippen molar-refractivity contribution in [2.24, 2.45) is 7.05 Å². The van der Waals surface area contributed by atoms with Crippen molar-refractivity contribution < 1.29 is 0 Å². The van der Waals surface area contributed by atoms with Gasteiger partial charge in [0.05, 0.1) is 11.0 Å². The van der Waals surface area contributed by atoms with Crippen molar-refractivity contribution in [1.82, 2.24) is 9.55 Å². The molecule has 1 aromatic carbocycles. The molecule has 14 heavy (non-hydrogen) atoms. The van der Waals surface area contributed by atoms with Crippen LogP contribution < -0.4 is 0 Å². The van der Waals surface area contributed by atoms with Crippen molar-refractivity contribution in [2.75, 3.05) is 0 Å². The predicted molar refractivity (Wildman–Crippen MR) is 59.5 cm³/mol. The van der Waals surface area contributed by atoms with E-state index in [1.807, 2.05) is 0 Å². The number of imidazole rings is 1. The average molecular weight is 188 g/mol. The molecule has 0 amide bonds. The van der Waals surface area contributed by atoms with Gasteiger partial charge in [0, 0.05) is 13.0 Å². The van der Waals surface area contributed by atoms with Crippen molar-refractivity contribution in [2.45, 2.75) is 26.7 Å². The lowest BCUT2D eigenvalue weighted by molar-refractivity contribution is 0.722. The molecule has 0 radical (unpaired) electrons. The molecule has 2 rings (SSSR count). The van der Waals surface area contributed by atoms with E-state index in [-0.39, 0.29) is 0 Å². The Kier molecular flexibility index (Phi) is 2.06. The zero-order valence-electron chi connectivity index (χ0n) is 9.20. The zero-order valence-corrected chi connectivity index (χ0v) is 9.20. The first-order chi connectivity index (χ1) is 6.59. The van der Waals surface area contributed by atoms with Gasteiger partial charge in [0.1, 0.15) is 5.82 Å². The number of hydrogen-bond acceptors (Lipinski definition) is 1. The van der Waals surface area contributed by atoms with E-state index in [9.17, 15) is 0 Å². The maximum absolute atomic E-state index is 4.62. The summed E-state index contributed by atoms with van der Waals surface area (Å²) in [6, 6.07) is 6.39. The van der Waals surface area contributed by atoms with Gasteiger partial charge < -0.3 is 4.57 Å². The van der Waals surface area contributed by atoms with Crippen LogP contribution in [-0.4, -0.2) is 9.55 Å². The van der Waals surface area contributed by atoms with Crippen LogP contribution in [0.5, 0.6) is 0 Å². The van der Waals surface area contributed by atoms with E-state index in [0.29, 0.717) is 5.92 Å². The molecule has 0 atom stereocenters. The minimum atomic E-state index is 0.479. The number of fused-ring (bicyclic) bond motifs is 1. The first-order valence-electron chi connectivity index (χ1n) is 5.02. The van der Waals surface area contributed by atoms with Gasteiger partial charge in [0.15, 0.2) is 0 Å². The van der Waals surface area contributed by atoms with Crippen LogP contribution >= 0.6 is 0 Å². The van der Waals surface area contributed by atoms with Crippen LogP contribution in [0.15, 0.2) is 18.2 Å². The highest BCUT2D eigenvalue weighted by Crippen LogP contribution is 2.21. The molecule has 0 bridgehead atoms. The normalized spacial score (nSPS) is 11.5. The number of nitrogens with zero attached hydrogens (tertiary/aromatic N) is 2. The maximum atomic E-state index is 4.62. The van der Waals surface area contributed by atoms with Crippen molar-refractivity contribution in [3.8, 4) is 0 Å². The third-order valence-electron chi connectivity index (χ3n) is 2.59. The summed E-state index contributed by atoms with van der Waals surface area (Å²) in [6.45, 7) is 6.46. The second kappa shape index (κ2) is 3.12. The molecule has 1 aromatic heterocycles. The Morgan fingerprint density at radius 1 is 1.29 bits per heavy atom. The summed E-state index contributed by atoms with van der Waals surface area (Å²) in [5.41, 5.74) is 3.62. The van der Waals surface area contributed by atoms with Gasteiger partial charge in [-0.2, -0.15) is 0 Å². The van der Waals surface area contributed by atoms with Gasteiger partial charge in [-0.05, 0) is 24.6 Å². The number of benzene rings is 1. The summed E-state index contributed by atoms with van der Waals surface area (Å²) in [4.78, 5) is 4.62. The average Bonchev–Trinajstić information content (AvgIpc) is 2.44. The molecule has 0 saturated carbocycles. The smallest absolute Gasteiger partial charge is 0.112 e. The number of hydrogen-bond donors (Lipinski definition) is 0. The standard InChI is InChI=1S/C12H16N2/c1-8(2)12-13-10-6-5-9(3)7-11(10)14(12)4/h5-8H,1-4H3. The van der Waals surface area contributed by atoms with E-state index in [1.165, 1.54) is 11.1 Å². The Bertz CT molecular complexity index is 466. The molecular formula is C12H16N2. The fourth-order valence-corrected chi connectivity index (χ4v) is 1.83. The van der Waals surface area contributed by atoms with Gasteiger partial charge in [-0.3, -0.25) is 0 Å².